The van der Waals surface area contributed by atoms with Gasteiger partial charge in [-0.05, 0) is 31.0 Å². The van der Waals surface area contributed by atoms with E-state index in [1.165, 1.54) is 11.3 Å². The van der Waals surface area contributed by atoms with Gasteiger partial charge in [0.05, 0.1) is 30.0 Å². The van der Waals surface area contributed by atoms with Gasteiger partial charge in [0.2, 0.25) is 5.91 Å². The lowest BCUT2D eigenvalue weighted by atomic mass is 10.2. The fourth-order valence-corrected chi connectivity index (χ4v) is 3.31. The Balaban J connectivity index is 1.52. The third-order valence-corrected chi connectivity index (χ3v) is 4.46. The van der Waals surface area contributed by atoms with Crippen molar-refractivity contribution in [3.05, 3.63) is 18.2 Å². The standard InChI is InChI=1S/C15H19N3O3S/c1-20-10-4-5-12-13(7-10)22-15(17-12)18-14(19)9-16-8-11-3-2-6-21-11/h4-5,7,11,16H,2-3,6,8-9H2,1H3,(H,17,18,19). The highest BCUT2D eigenvalue weighted by Crippen LogP contribution is 2.28. The average Bonchev–Trinajstić information content (AvgIpc) is 3.15. The monoisotopic (exact) mass is 321 g/mol. The summed E-state index contributed by atoms with van der Waals surface area (Å²) in [6.45, 7) is 1.80. The van der Waals surface area contributed by atoms with Crippen LogP contribution in [-0.4, -0.2) is 43.8 Å². The van der Waals surface area contributed by atoms with E-state index in [1.807, 2.05) is 18.2 Å². The zero-order valence-electron chi connectivity index (χ0n) is 12.4. The first-order chi connectivity index (χ1) is 10.7. The quantitative estimate of drug-likeness (QED) is 0.851. The molecule has 1 aliphatic rings. The Hall–Kier alpha value is -1.70. The number of anilines is 1. The molecule has 1 amide bonds. The number of nitrogens with one attached hydrogen (secondary N) is 2. The van der Waals surface area contributed by atoms with E-state index in [0.717, 1.165) is 35.4 Å². The lowest BCUT2D eigenvalue weighted by Crippen LogP contribution is -2.33. The van der Waals surface area contributed by atoms with Gasteiger partial charge in [-0.15, -0.1) is 0 Å². The van der Waals surface area contributed by atoms with Crippen molar-refractivity contribution in [2.45, 2.75) is 18.9 Å². The topological polar surface area (TPSA) is 72.5 Å². The zero-order valence-corrected chi connectivity index (χ0v) is 13.2. The minimum Gasteiger partial charge on any atom is -0.497 e. The van der Waals surface area contributed by atoms with Crippen molar-refractivity contribution < 1.29 is 14.3 Å². The van der Waals surface area contributed by atoms with Crippen molar-refractivity contribution in [3.63, 3.8) is 0 Å². The second-order valence-electron chi connectivity index (χ2n) is 5.17. The third kappa shape index (κ3) is 3.73. The molecule has 6 nitrogen and oxygen atoms in total. The summed E-state index contributed by atoms with van der Waals surface area (Å²) in [6.07, 6.45) is 2.41. The van der Waals surface area contributed by atoms with Crippen LogP contribution in [0.5, 0.6) is 5.75 Å². The van der Waals surface area contributed by atoms with Crippen molar-refractivity contribution in [2.75, 3.05) is 32.1 Å². The van der Waals surface area contributed by atoms with Crippen molar-refractivity contribution in [2.24, 2.45) is 0 Å². The average molecular weight is 321 g/mol. The van der Waals surface area contributed by atoms with Crippen molar-refractivity contribution in [1.82, 2.24) is 10.3 Å². The number of carbonyl (C=O) groups is 1. The number of ether oxygens (including phenoxy) is 2. The van der Waals surface area contributed by atoms with Gasteiger partial charge < -0.3 is 20.1 Å². The van der Waals surface area contributed by atoms with Crippen LogP contribution in [0.1, 0.15) is 12.8 Å². The van der Waals surface area contributed by atoms with E-state index in [0.29, 0.717) is 11.7 Å². The summed E-state index contributed by atoms with van der Waals surface area (Å²) in [5, 5.41) is 6.54. The molecule has 0 aliphatic carbocycles. The molecule has 0 radical (unpaired) electrons. The number of hydrogen-bond acceptors (Lipinski definition) is 6. The molecule has 0 bridgehead atoms. The number of benzene rings is 1. The Morgan fingerprint density at radius 1 is 1.55 bits per heavy atom. The van der Waals surface area contributed by atoms with E-state index in [2.05, 4.69) is 15.6 Å². The molecular weight excluding hydrogens is 302 g/mol. The number of methoxy groups -OCH3 is 1. The number of carbonyl (C=O) groups excluding carboxylic acids is 1. The Morgan fingerprint density at radius 3 is 3.23 bits per heavy atom. The maximum Gasteiger partial charge on any atom is 0.240 e. The minimum absolute atomic E-state index is 0.0935. The summed E-state index contributed by atoms with van der Waals surface area (Å²) in [7, 11) is 1.63. The van der Waals surface area contributed by atoms with Crippen molar-refractivity contribution >= 4 is 32.6 Å². The molecule has 2 heterocycles. The van der Waals surface area contributed by atoms with Crippen LogP contribution in [0.25, 0.3) is 10.2 Å². The first-order valence-corrected chi connectivity index (χ1v) is 8.13. The van der Waals surface area contributed by atoms with Crippen LogP contribution in [0.3, 0.4) is 0 Å². The Labute approximate surface area is 132 Å². The zero-order chi connectivity index (χ0) is 15.4. The smallest absolute Gasteiger partial charge is 0.240 e. The number of hydrogen-bond donors (Lipinski definition) is 2. The first-order valence-electron chi connectivity index (χ1n) is 7.31. The predicted octanol–water partition coefficient (Wildman–Crippen LogP) is 2.01. The number of nitrogens with zero attached hydrogens (tertiary/aromatic N) is 1. The maximum atomic E-state index is 11.9. The van der Waals surface area contributed by atoms with Crippen molar-refractivity contribution in [1.29, 1.82) is 0 Å². The highest BCUT2D eigenvalue weighted by molar-refractivity contribution is 7.22. The van der Waals surface area contributed by atoms with Crippen molar-refractivity contribution in [3.8, 4) is 5.75 Å². The van der Waals surface area contributed by atoms with E-state index in [1.54, 1.807) is 7.11 Å². The molecule has 1 saturated heterocycles. The molecule has 1 aromatic heterocycles. The second-order valence-corrected chi connectivity index (χ2v) is 6.20. The number of aromatic nitrogens is 1. The molecule has 7 heteroatoms. The molecule has 0 saturated carbocycles. The molecule has 3 rings (SSSR count). The van der Waals surface area contributed by atoms with Gasteiger partial charge in [-0.2, -0.15) is 0 Å². The van der Waals surface area contributed by atoms with E-state index < -0.39 is 0 Å². The van der Waals surface area contributed by atoms with Gasteiger partial charge in [0.15, 0.2) is 5.13 Å². The second kappa shape index (κ2) is 7.04. The summed E-state index contributed by atoms with van der Waals surface area (Å²) in [4.78, 5) is 16.3. The van der Waals surface area contributed by atoms with Crippen LogP contribution in [0.2, 0.25) is 0 Å². The minimum atomic E-state index is -0.0935. The molecule has 1 aromatic carbocycles. The van der Waals surface area contributed by atoms with Crippen LogP contribution >= 0.6 is 11.3 Å². The van der Waals surface area contributed by atoms with Gasteiger partial charge in [-0.3, -0.25) is 4.79 Å². The molecular formula is C15H19N3O3S. The number of amides is 1. The van der Waals surface area contributed by atoms with E-state index in [4.69, 9.17) is 9.47 Å². The van der Waals surface area contributed by atoms with Gasteiger partial charge >= 0.3 is 0 Å². The summed E-state index contributed by atoms with van der Waals surface area (Å²) in [5.74, 6) is 0.691. The van der Waals surface area contributed by atoms with Gasteiger partial charge in [0, 0.05) is 13.2 Å². The molecule has 0 spiro atoms. The normalized spacial score (nSPS) is 17.8. The summed E-state index contributed by atoms with van der Waals surface area (Å²) in [6, 6.07) is 5.66. The van der Waals surface area contributed by atoms with Crippen LogP contribution in [-0.2, 0) is 9.53 Å². The molecule has 1 aliphatic heterocycles. The van der Waals surface area contributed by atoms with Gasteiger partial charge in [0.25, 0.3) is 0 Å². The maximum absolute atomic E-state index is 11.9. The molecule has 22 heavy (non-hydrogen) atoms. The Bertz CT molecular complexity index is 653. The number of fused-ring (bicyclic) bond motifs is 1. The molecule has 1 atom stereocenters. The number of rotatable bonds is 6. The highest BCUT2D eigenvalue weighted by atomic mass is 32.1. The molecule has 2 N–H and O–H groups in total. The van der Waals surface area contributed by atoms with Crippen LogP contribution in [0, 0.1) is 0 Å². The Kier molecular flexibility index (Phi) is 4.87. The molecule has 1 unspecified atom stereocenters. The molecule has 1 fully saturated rings. The summed E-state index contributed by atoms with van der Waals surface area (Å²) in [5.41, 5.74) is 0.855. The van der Waals surface area contributed by atoms with Crippen LogP contribution < -0.4 is 15.4 Å². The van der Waals surface area contributed by atoms with Gasteiger partial charge in [0.1, 0.15) is 5.75 Å². The first kappa shape index (κ1) is 15.2. The fraction of sp³-hybridized carbons (Fsp3) is 0.467. The Morgan fingerprint density at radius 2 is 2.45 bits per heavy atom. The molecule has 2 aromatic rings. The van der Waals surface area contributed by atoms with E-state index in [9.17, 15) is 4.79 Å². The fourth-order valence-electron chi connectivity index (χ4n) is 2.40. The van der Waals surface area contributed by atoms with Gasteiger partial charge in [-0.25, -0.2) is 4.98 Å². The van der Waals surface area contributed by atoms with Crippen LogP contribution in [0.15, 0.2) is 18.2 Å². The number of thiazole rings is 1. The third-order valence-electron chi connectivity index (χ3n) is 3.52. The predicted molar refractivity (Wildman–Crippen MR) is 86.6 cm³/mol. The highest BCUT2D eigenvalue weighted by Gasteiger charge is 2.15. The lowest BCUT2D eigenvalue weighted by molar-refractivity contribution is -0.115. The van der Waals surface area contributed by atoms with Crippen LogP contribution in [0.4, 0.5) is 5.13 Å². The SMILES string of the molecule is COc1ccc2nc(NC(=O)CNCC3CCCO3)sc2c1. The van der Waals surface area contributed by atoms with E-state index in [-0.39, 0.29) is 18.6 Å². The summed E-state index contributed by atoms with van der Waals surface area (Å²) < 4.78 is 11.7. The van der Waals surface area contributed by atoms with Gasteiger partial charge in [-0.1, -0.05) is 11.3 Å². The lowest BCUT2D eigenvalue weighted by Gasteiger charge is -2.09. The summed E-state index contributed by atoms with van der Waals surface area (Å²) >= 11 is 1.44. The van der Waals surface area contributed by atoms with E-state index >= 15 is 0 Å². The molecule has 118 valence electrons. The largest absolute Gasteiger partial charge is 0.497 e.